The Kier molecular flexibility index (Phi) is 3.77. The molecule has 0 saturated carbocycles. The van der Waals surface area contributed by atoms with Crippen molar-refractivity contribution in [1.29, 1.82) is 0 Å². The van der Waals surface area contributed by atoms with Crippen molar-refractivity contribution in [1.82, 2.24) is 14.7 Å². The monoisotopic (exact) mass is 278 g/mol. The lowest BCUT2D eigenvalue weighted by Gasteiger charge is -2.13. The molecule has 1 unspecified atom stereocenters. The van der Waals surface area contributed by atoms with Crippen LogP contribution in [0, 0.1) is 0 Å². The number of nitrogens with zero attached hydrogens (tertiary/aromatic N) is 2. The van der Waals surface area contributed by atoms with E-state index in [9.17, 15) is 8.42 Å². The van der Waals surface area contributed by atoms with Crippen LogP contribution in [0.2, 0.25) is 0 Å². The Hall–Kier alpha value is -1.99. The molecule has 2 aromatic rings. The molecular weight excluding hydrogens is 264 g/mol. The van der Waals surface area contributed by atoms with Gasteiger partial charge >= 0.3 is 0 Å². The van der Waals surface area contributed by atoms with Gasteiger partial charge in [0.2, 0.25) is 10.0 Å². The number of hydrogen-bond donors (Lipinski definition) is 2. The van der Waals surface area contributed by atoms with E-state index in [-0.39, 0.29) is 10.7 Å². The number of pyridine rings is 2. The summed E-state index contributed by atoms with van der Waals surface area (Å²) in [7, 11) is -3.64. The van der Waals surface area contributed by atoms with Crippen LogP contribution in [0.4, 0.5) is 5.82 Å². The topological polar surface area (TPSA) is 98.0 Å². The zero-order valence-corrected chi connectivity index (χ0v) is 11.1. The Morgan fingerprint density at radius 3 is 2.63 bits per heavy atom. The van der Waals surface area contributed by atoms with Crippen LogP contribution in [0.1, 0.15) is 18.7 Å². The van der Waals surface area contributed by atoms with E-state index in [1.54, 1.807) is 31.3 Å². The van der Waals surface area contributed by atoms with Gasteiger partial charge in [-0.05, 0) is 25.1 Å². The van der Waals surface area contributed by atoms with Gasteiger partial charge in [-0.1, -0.05) is 6.07 Å². The molecule has 0 aliphatic rings. The number of nitrogen functional groups attached to an aromatic ring is 1. The third-order valence-electron chi connectivity index (χ3n) is 2.53. The third kappa shape index (κ3) is 3.27. The second kappa shape index (κ2) is 5.33. The fourth-order valence-corrected chi connectivity index (χ4v) is 2.83. The van der Waals surface area contributed by atoms with Gasteiger partial charge in [-0.2, -0.15) is 0 Å². The van der Waals surface area contributed by atoms with Crippen molar-refractivity contribution >= 4 is 15.8 Å². The quantitative estimate of drug-likeness (QED) is 0.872. The van der Waals surface area contributed by atoms with E-state index in [4.69, 9.17) is 5.73 Å². The molecule has 0 radical (unpaired) electrons. The summed E-state index contributed by atoms with van der Waals surface area (Å²) in [6.07, 6.45) is 2.97. The van der Waals surface area contributed by atoms with Gasteiger partial charge in [-0.25, -0.2) is 18.1 Å². The molecule has 0 aliphatic carbocycles. The van der Waals surface area contributed by atoms with Crippen LogP contribution < -0.4 is 10.5 Å². The highest BCUT2D eigenvalue weighted by Crippen LogP contribution is 2.15. The molecule has 0 aliphatic heterocycles. The van der Waals surface area contributed by atoms with Gasteiger partial charge in [-0.3, -0.25) is 4.98 Å². The number of anilines is 1. The summed E-state index contributed by atoms with van der Waals surface area (Å²) in [4.78, 5) is 7.96. The van der Waals surface area contributed by atoms with Crippen molar-refractivity contribution in [2.24, 2.45) is 0 Å². The van der Waals surface area contributed by atoms with Gasteiger partial charge in [0, 0.05) is 18.5 Å². The summed E-state index contributed by atoms with van der Waals surface area (Å²) in [6.45, 7) is 1.73. The normalized spacial score (nSPS) is 13.1. The molecule has 19 heavy (non-hydrogen) atoms. The van der Waals surface area contributed by atoms with Crippen molar-refractivity contribution < 1.29 is 8.42 Å². The highest BCUT2D eigenvalue weighted by atomic mass is 32.2. The minimum Gasteiger partial charge on any atom is -0.384 e. The van der Waals surface area contributed by atoms with Crippen LogP contribution in [0.3, 0.4) is 0 Å². The summed E-state index contributed by atoms with van der Waals surface area (Å²) in [5, 5.41) is 0. The first kappa shape index (κ1) is 13.4. The van der Waals surface area contributed by atoms with Crippen molar-refractivity contribution in [3.8, 4) is 0 Å². The Morgan fingerprint density at radius 1 is 1.21 bits per heavy atom. The average Bonchev–Trinajstić information content (AvgIpc) is 2.39. The van der Waals surface area contributed by atoms with Crippen LogP contribution in [-0.4, -0.2) is 18.4 Å². The predicted molar refractivity (Wildman–Crippen MR) is 71.6 cm³/mol. The standard InChI is InChI=1S/C12H14N4O2S/c1-9(11-4-2-3-6-14-11)16-19(17,18)10-5-7-15-12(13)8-10/h2-9,16H,1H3,(H2,13,15). The molecule has 0 saturated heterocycles. The maximum absolute atomic E-state index is 12.1. The van der Waals surface area contributed by atoms with Gasteiger partial charge in [0.05, 0.1) is 16.6 Å². The Balaban J connectivity index is 2.23. The molecule has 3 N–H and O–H groups in total. The highest BCUT2D eigenvalue weighted by Gasteiger charge is 2.19. The zero-order valence-electron chi connectivity index (χ0n) is 10.3. The molecule has 1 atom stereocenters. The largest absolute Gasteiger partial charge is 0.384 e. The maximum atomic E-state index is 12.1. The number of hydrogen-bond acceptors (Lipinski definition) is 5. The van der Waals surface area contributed by atoms with E-state index >= 15 is 0 Å². The van der Waals surface area contributed by atoms with E-state index in [0.717, 1.165) is 0 Å². The van der Waals surface area contributed by atoms with Crippen molar-refractivity contribution in [3.05, 3.63) is 48.4 Å². The molecule has 0 spiro atoms. The predicted octanol–water partition coefficient (Wildman–Crippen LogP) is 1.10. The lowest BCUT2D eigenvalue weighted by molar-refractivity contribution is 0.564. The summed E-state index contributed by atoms with van der Waals surface area (Å²) in [5.74, 6) is 0.161. The number of aromatic nitrogens is 2. The average molecular weight is 278 g/mol. The molecule has 2 heterocycles. The molecule has 2 rings (SSSR count). The smallest absolute Gasteiger partial charge is 0.241 e. The summed E-state index contributed by atoms with van der Waals surface area (Å²) >= 11 is 0. The summed E-state index contributed by atoms with van der Waals surface area (Å²) in [5.41, 5.74) is 6.13. The molecule has 0 amide bonds. The highest BCUT2D eigenvalue weighted by molar-refractivity contribution is 7.89. The van der Waals surface area contributed by atoms with Gasteiger partial charge < -0.3 is 5.73 Å². The molecule has 0 fully saturated rings. The van der Waals surface area contributed by atoms with Crippen LogP contribution in [0.25, 0.3) is 0 Å². The van der Waals surface area contributed by atoms with Crippen molar-refractivity contribution in [2.75, 3.05) is 5.73 Å². The summed E-state index contributed by atoms with van der Waals surface area (Å²) in [6, 6.07) is 7.61. The minimum absolute atomic E-state index is 0.0859. The van der Waals surface area contributed by atoms with Gasteiger partial charge in [0.15, 0.2) is 0 Å². The lowest BCUT2D eigenvalue weighted by atomic mass is 10.2. The fraction of sp³-hybridized carbons (Fsp3) is 0.167. The molecule has 0 aromatic carbocycles. The van der Waals surface area contributed by atoms with Gasteiger partial charge in [0.1, 0.15) is 5.82 Å². The zero-order chi connectivity index (χ0) is 13.9. The van der Waals surface area contributed by atoms with E-state index < -0.39 is 16.1 Å². The second-order valence-electron chi connectivity index (χ2n) is 4.01. The first-order chi connectivity index (χ1) is 8.99. The number of nitrogens with two attached hydrogens (primary N) is 1. The fourth-order valence-electron chi connectivity index (χ4n) is 1.59. The first-order valence-electron chi connectivity index (χ1n) is 5.64. The third-order valence-corrected chi connectivity index (χ3v) is 4.06. The molecule has 7 heteroatoms. The second-order valence-corrected chi connectivity index (χ2v) is 5.73. The SMILES string of the molecule is CC(NS(=O)(=O)c1ccnc(N)c1)c1ccccn1. The van der Waals surface area contributed by atoms with Crippen LogP contribution in [0.15, 0.2) is 47.6 Å². The van der Waals surface area contributed by atoms with Crippen LogP contribution in [-0.2, 0) is 10.0 Å². The van der Waals surface area contributed by atoms with Gasteiger partial charge in [0.25, 0.3) is 0 Å². The minimum atomic E-state index is -3.64. The number of rotatable bonds is 4. The van der Waals surface area contributed by atoms with E-state index in [1.165, 1.54) is 18.3 Å². The van der Waals surface area contributed by atoms with Gasteiger partial charge in [-0.15, -0.1) is 0 Å². The van der Waals surface area contributed by atoms with E-state index in [2.05, 4.69) is 14.7 Å². The maximum Gasteiger partial charge on any atom is 0.241 e. The Bertz CT molecular complexity index is 658. The van der Waals surface area contributed by atoms with Crippen LogP contribution >= 0.6 is 0 Å². The molecule has 2 aromatic heterocycles. The first-order valence-corrected chi connectivity index (χ1v) is 7.12. The van der Waals surface area contributed by atoms with Crippen molar-refractivity contribution in [3.63, 3.8) is 0 Å². The summed E-state index contributed by atoms with van der Waals surface area (Å²) < 4.78 is 26.8. The molecule has 0 bridgehead atoms. The van der Waals surface area contributed by atoms with E-state index in [1.807, 2.05) is 0 Å². The Labute approximate surface area is 111 Å². The number of sulfonamides is 1. The number of nitrogens with one attached hydrogen (secondary N) is 1. The van der Waals surface area contributed by atoms with E-state index in [0.29, 0.717) is 5.69 Å². The molecule has 6 nitrogen and oxygen atoms in total. The lowest BCUT2D eigenvalue weighted by Crippen LogP contribution is -2.27. The van der Waals surface area contributed by atoms with Crippen molar-refractivity contribution in [2.45, 2.75) is 17.9 Å². The molecular formula is C12H14N4O2S. The molecule has 100 valence electrons. The van der Waals surface area contributed by atoms with Crippen LogP contribution in [0.5, 0.6) is 0 Å². The Morgan fingerprint density at radius 2 is 2.00 bits per heavy atom.